The number of carbonyl (C=O) groups is 4. The molecule has 0 unspecified atom stereocenters. The van der Waals surface area contributed by atoms with Crippen LogP contribution in [-0.4, -0.2) is 41.5 Å². The molecule has 1 atom stereocenters. The van der Waals surface area contributed by atoms with Crippen LogP contribution >= 0.6 is 0 Å². The van der Waals surface area contributed by atoms with Crippen LogP contribution in [0.2, 0.25) is 0 Å². The van der Waals surface area contributed by atoms with Crippen LogP contribution in [0.4, 0.5) is 0 Å². The van der Waals surface area contributed by atoms with Crippen molar-refractivity contribution in [1.82, 2.24) is 10.2 Å². The van der Waals surface area contributed by atoms with E-state index in [0.29, 0.717) is 19.4 Å². The first-order valence-electron chi connectivity index (χ1n) is 5.71. The lowest BCUT2D eigenvalue weighted by atomic mass is 10.1. The van der Waals surface area contributed by atoms with E-state index in [4.69, 9.17) is 0 Å². The Morgan fingerprint density at radius 1 is 1.24 bits per heavy atom. The van der Waals surface area contributed by atoms with E-state index in [1.165, 1.54) is 0 Å². The molecule has 0 bridgehead atoms. The number of Topliss-reactive ketones (excluding diaryl/α,β-unsaturated/α-hetero) is 1. The lowest BCUT2D eigenvalue weighted by Gasteiger charge is -2.11. The minimum absolute atomic E-state index is 0.182. The third-order valence-electron chi connectivity index (χ3n) is 2.49. The number of amides is 3. The van der Waals surface area contributed by atoms with E-state index < -0.39 is 29.4 Å². The van der Waals surface area contributed by atoms with Crippen LogP contribution in [-0.2, 0) is 19.2 Å². The zero-order valence-corrected chi connectivity index (χ0v) is 9.99. The molecule has 0 aromatic rings. The van der Waals surface area contributed by atoms with Gasteiger partial charge < -0.3 is 5.32 Å². The second kappa shape index (κ2) is 5.56. The van der Waals surface area contributed by atoms with Crippen molar-refractivity contribution in [2.75, 3.05) is 13.1 Å². The van der Waals surface area contributed by atoms with Gasteiger partial charge in [-0.05, 0) is 12.8 Å². The van der Waals surface area contributed by atoms with E-state index in [1.807, 2.05) is 6.92 Å². The molecule has 0 saturated carbocycles. The smallest absolute Gasteiger partial charge is 0.297 e. The number of carbonyl (C=O) groups excluding carboxylic acids is 4. The minimum atomic E-state index is -1.47. The Balaban J connectivity index is 2.80. The Bertz CT molecular complexity index is 364. The first-order valence-corrected chi connectivity index (χ1v) is 5.71. The highest BCUT2D eigenvalue weighted by Gasteiger charge is 2.50. The number of likely N-dealkylation sites (tertiary alicyclic amines) is 1. The van der Waals surface area contributed by atoms with Crippen LogP contribution in [0.3, 0.4) is 0 Å². The zero-order valence-electron chi connectivity index (χ0n) is 9.99. The van der Waals surface area contributed by atoms with Gasteiger partial charge in [-0.3, -0.25) is 24.1 Å². The topological polar surface area (TPSA) is 83.6 Å². The molecule has 6 heteroatoms. The van der Waals surface area contributed by atoms with E-state index in [9.17, 15) is 19.2 Å². The molecule has 6 nitrogen and oxygen atoms in total. The molecule has 1 aliphatic rings. The van der Waals surface area contributed by atoms with Gasteiger partial charge in [0.1, 0.15) is 0 Å². The highest BCUT2D eigenvalue weighted by Crippen LogP contribution is 2.16. The number of hydrogen-bond donors (Lipinski definition) is 1. The molecule has 94 valence electrons. The van der Waals surface area contributed by atoms with Gasteiger partial charge in [0.05, 0.1) is 0 Å². The van der Waals surface area contributed by atoms with E-state index in [-0.39, 0.29) is 6.54 Å². The summed E-state index contributed by atoms with van der Waals surface area (Å²) < 4.78 is 0. The van der Waals surface area contributed by atoms with Crippen molar-refractivity contribution in [2.24, 2.45) is 5.92 Å². The van der Waals surface area contributed by atoms with Gasteiger partial charge in [0, 0.05) is 13.1 Å². The minimum Gasteiger partial charge on any atom is -0.355 e. The third-order valence-corrected chi connectivity index (χ3v) is 2.49. The summed E-state index contributed by atoms with van der Waals surface area (Å²) in [4.78, 5) is 47.2. The fraction of sp³-hybridized carbons (Fsp3) is 0.636. The van der Waals surface area contributed by atoms with Crippen LogP contribution < -0.4 is 5.32 Å². The molecule has 0 aromatic carbocycles. The molecule has 1 N–H and O–H groups in total. The first kappa shape index (κ1) is 13.3. The number of ketones is 1. The molecule has 0 aromatic heterocycles. The van der Waals surface area contributed by atoms with E-state index in [2.05, 4.69) is 5.32 Å². The molecule has 0 aliphatic carbocycles. The second-order valence-electron chi connectivity index (χ2n) is 3.88. The molecule has 1 rings (SSSR count). The quantitative estimate of drug-likeness (QED) is 0.398. The fourth-order valence-electron chi connectivity index (χ4n) is 1.64. The molecular formula is C11H16N2O4. The highest BCUT2D eigenvalue weighted by atomic mass is 16.2. The normalized spacial score (nSPS) is 20.0. The van der Waals surface area contributed by atoms with Gasteiger partial charge in [-0.15, -0.1) is 0 Å². The molecule has 0 radical (unpaired) electrons. The molecule has 1 heterocycles. The lowest BCUT2D eigenvalue weighted by Crippen LogP contribution is -2.39. The van der Waals surface area contributed by atoms with Crippen LogP contribution in [0.1, 0.15) is 26.7 Å². The Labute approximate surface area is 99.3 Å². The molecule has 0 spiro atoms. The maximum atomic E-state index is 11.7. The zero-order chi connectivity index (χ0) is 13.0. The average molecular weight is 240 g/mol. The SMILES string of the molecule is CCCNC(=O)[C@@H]1C(=O)C(=O)N(CCC)C1=O. The Kier molecular flexibility index (Phi) is 4.37. The monoisotopic (exact) mass is 240 g/mol. The molecule has 1 saturated heterocycles. The van der Waals surface area contributed by atoms with E-state index in [0.717, 1.165) is 4.90 Å². The Morgan fingerprint density at radius 2 is 1.88 bits per heavy atom. The summed E-state index contributed by atoms with van der Waals surface area (Å²) in [7, 11) is 0. The van der Waals surface area contributed by atoms with Crippen molar-refractivity contribution in [3.8, 4) is 0 Å². The van der Waals surface area contributed by atoms with Gasteiger partial charge >= 0.3 is 0 Å². The Hall–Kier alpha value is -1.72. The fourth-order valence-corrected chi connectivity index (χ4v) is 1.64. The largest absolute Gasteiger partial charge is 0.355 e. The van der Waals surface area contributed by atoms with Gasteiger partial charge in [-0.2, -0.15) is 0 Å². The van der Waals surface area contributed by atoms with Crippen molar-refractivity contribution in [1.29, 1.82) is 0 Å². The van der Waals surface area contributed by atoms with E-state index in [1.54, 1.807) is 6.92 Å². The van der Waals surface area contributed by atoms with Gasteiger partial charge in [-0.25, -0.2) is 0 Å². The highest BCUT2D eigenvalue weighted by molar-refractivity contribution is 6.52. The predicted molar refractivity (Wildman–Crippen MR) is 58.8 cm³/mol. The molecule has 1 aliphatic heterocycles. The molecule has 3 amide bonds. The number of hydrogen-bond acceptors (Lipinski definition) is 4. The molecule has 1 fully saturated rings. The van der Waals surface area contributed by atoms with Crippen LogP contribution in [0.25, 0.3) is 0 Å². The summed E-state index contributed by atoms with van der Waals surface area (Å²) in [5.41, 5.74) is 0. The van der Waals surface area contributed by atoms with Crippen molar-refractivity contribution in [3.63, 3.8) is 0 Å². The summed E-state index contributed by atoms with van der Waals surface area (Å²) in [6.07, 6.45) is 1.27. The second-order valence-corrected chi connectivity index (χ2v) is 3.88. The maximum absolute atomic E-state index is 11.7. The van der Waals surface area contributed by atoms with Gasteiger partial charge in [0.25, 0.3) is 5.91 Å². The van der Waals surface area contributed by atoms with Gasteiger partial charge in [0.2, 0.25) is 17.6 Å². The van der Waals surface area contributed by atoms with E-state index >= 15 is 0 Å². The summed E-state index contributed by atoms with van der Waals surface area (Å²) in [6.45, 7) is 4.21. The number of imide groups is 1. The standard InChI is InChI=1S/C11H16N2O4/c1-3-5-12-9(15)7-8(14)11(17)13(6-4-2)10(7)16/h7H,3-6H2,1-2H3,(H,12,15)/t7-/m0/s1. The molecular weight excluding hydrogens is 224 g/mol. The van der Waals surface area contributed by atoms with Crippen LogP contribution in [0.15, 0.2) is 0 Å². The Morgan fingerprint density at radius 3 is 2.41 bits per heavy atom. The average Bonchev–Trinajstić information content (AvgIpc) is 2.51. The summed E-state index contributed by atoms with van der Waals surface area (Å²) in [5.74, 6) is -4.63. The van der Waals surface area contributed by atoms with Crippen molar-refractivity contribution in [2.45, 2.75) is 26.7 Å². The number of nitrogens with zero attached hydrogens (tertiary/aromatic N) is 1. The molecule has 17 heavy (non-hydrogen) atoms. The van der Waals surface area contributed by atoms with Gasteiger partial charge in [0.15, 0.2) is 5.92 Å². The van der Waals surface area contributed by atoms with Crippen molar-refractivity contribution in [3.05, 3.63) is 0 Å². The third kappa shape index (κ3) is 2.51. The van der Waals surface area contributed by atoms with Crippen LogP contribution in [0.5, 0.6) is 0 Å². The predicted octanol–water partition coefficient (Wildman–Crippen LogP) is -0.523. The lowest BCUT2D eigenvalue weighted by molar-refractivity contribution is -0.143. The van der Waals surface area contributed by atoms with Crippen molar-refractivity contribution < 1.29 is 19.2 Å². The summed E-state index contributed by atoms with van der Waals surface area (Å²) in [6, 6.07) is 0. The number of nitrogens with one attached hydrogen (secondary N) is 1. The summed E-state index contributed by atoms with van der Waals surface area (Å²) in [5, 5.41) is 2.46. The number of rotatable bonds is 5. The van der Waals surface area contributed by atoms with Crippen LogP contribution in [0, 0.1) is 5.92 Å². The summed E-state index contributed by atoms with van der Waals surface area (Å²) >= 11 is 0. The maximum Gasteiger partial charge on any atom is 0.297 e. The van der Waals surface area contributed by atoms with Crippen molar-refractivity contribution >= 4 is 23.5 Å². The first-order chi connectivity index (χ1) is 8.04. The van der Waals surface area contributed by atoms with Gasteiger partial charge in [-0.1, -0.05) is 13.8 Å².